The summed E-state index contributed by atoms with van der Waals surface area (Å²) >= 11 is 3.31. The Labute approximate surface area is 182 Å². The number of pyridine rings is 1. The summed E-state index contributed by atoms with van der Waals surface area (Å²) in [5.74, 6) is 0. The normalized spacial score (nSPS) is 11.9. The minimum Gasteiger partial charge on any atom is -0.243 e. The average molecular weight is 452 g/mol. The first-order chi connectivity index (χ1) is 14.5. The van der Waals surface area contributed by atoms with Crippen molar-refractivity contribution in [1.29, 1.82) is 0 Å². The molecule has 5 aromatic rings. The minimum absolute atomic E-state index is 0.299. The molecule has 0 spiro atoms. The van der Waals surface area contributed by atoms with E-state index < -0.39 is 9.84 Å². The van der Waals surface area contributed by atoms with Crippen molar-refractivity contribution in [3.8, 4) is 22.4 Å². The van der Waals surface area contributed by atoms with Gasteiger partial charge in [0, 0.05) is 17.2 Å². The maximum atomic E-state index is 11.8. The molecule has 150 valence electrons. The molecule has 4 aromatic heterocycles. The van der Waals surface area contributed by atoms with Gasteiger partial charge >= 0.3 is 0 Å². The largest absolute Gasteiger partial charge is 0.243 e. The van der Waals surface area contributed by atoms with Gasteiger partial charge in [-0.15, -0.1) is 0 Å². The van der Waals surface area contributed by atoms with E-state index in [2.05, 4.69) is 44.8 Å². The lowest BCUT2D eigenvalue weighted by Crippen LogP contribution is -2.02. The number of thiophene rings is 2. The van der Waals surface area contributed by atoms with Crippen molar-refractivity contribution in [2.45, 2.75) is 11.4 Å². The summed E-state index contributed by atoms with van der Waals surface area (Å²) in [5.41, 5.74) is 5.84. The fraction of sp³-hybridized carbons (Fsp3) is 0.0909. The second-order valence-corrected chi connectivity index (χ2v) is 10.6. The number of fused-ring (bicyclic) bond motifs is 1. The Morgan fingerprint density at radius 3 is 2.40 bits per heavy atom. The van der Waals surface area contributed by atoms with E-state index in [1.807, 2.05) is 23.0 Å². The molecule has 5 rings (SSSR count). The molecular weight excluding hydrogens is 434 g/mol. The second-order valence-electron chi connectivity index (χ2n) is 7.03. The first kappa shape index (κ1) is 19.2. The van der Waals surface area contributed by atoms with Gasteiger partial charge in [-0.1, -0.05) is 12.1 Å². The molecular formula is C22H17N3O2S3. The van der Waals surface area contributed by atoms with E-state index in [-0.39, 0.29) is 0 Å². The number of nitrogens with zero attached hydrogens (tertiary/aromatic N) is 3. The van der Waals surface area contributed by atoms with Crippen molar-refractivity contribution in [2.24, 2.45) is 0 Å². The van der Waals surface area contributed by atoms with Gasteiger partial charge in [0.25, 0.3) is 0 Å². The molecule has 0 aliphatic carbocycles. The number of hydrogen-bond acceptors (Lipinski definition) is 6. The van der Waals surface area contributed by atoms with E-state index in [1.165, 1.54) is 11.8 Å². The van der Waals surface area contributed by atoms with Gasteiger partial charge < -0.3 is 0 Å². The number of aromatic nitrogens is 3. The van der Waals surface area contributed by atoms with Crippen LogP contribution in [0.2, 0.25) is 0 Å². The molecule has 0 aliphatic rings. The van der Waals surface area contributed by atoms with E-state index in [0.717, 1.165) is 33.4 Å². The van der Waals surface area contributed by atoms with Crippen LogP contribution in [0.5, 0.6) is 0 Å². The molecule has 0 fully saturated rings. The van der Waals surface area contributed by atoms with Crippen molar-refractivity contribution in [2.75, 3.05) is 6.26 Å². The molecule has 0 saturated carbocycles. The van der Waals surface area contributed by atoms with Crippen LogP contribution in [0, 0.1) is 0 Å². The zero-order chi connectivity index (χ0) is 20.7. The van der Waals surface area contributed by atoms with Crippen LogP contribution >= 0.6 is 22.7 Å². The standard InChI is InChI=1S/C22H17N3O2S3/c1-30(26,27)18-4-2-16(3-5-18)21-10-19(17-7-9-29-14-17)20-11-23-25(22(20)24-21)12-15-6-8-28-13-15/h2-11,13-14H,12H2,1H3. The summed E-state index contributed by atoms with van der Waals surface area (Å²) in [5, 5.41) is 13.9. The number of sulfone groups is 1. The third kappa shape index (κ3) is 3.58. The molecule has 0 amide bonds. The molecule has 8 heteroatoms. The Morgan fingerprint density at radius 1 is 0.967 bits per heavy atom. The fourth-order valence-electron chi connectivity index (χ4n) is 3.40. The maximum Gasteiger partial charge on any atom is 0.175 e. The molecule has 0 unspecified atom stereocenters. The van der Waals surface area contributed by atoms with Crippen molar-refractivity contribution in [1.82, 2.24) is 14.8 Å². The van der Waals surface area contributed by atoms with Gasteiger partial charge in [-0.25, -0.2) is 18.1 Å². The van der Waals surface area contributed by atoms with Gasteiger partial charge in [-0.05, 0) is 68.5 Å². The van der Waals surface area contributed by atoms with Crippen LogP contribution in [-0.4, -0.2) is 29.4 Å². The zero-order valence-corrected chi connectivity index (χ0v) is 18.5. The van der Waals surface area contributed by atoms with E-state index in [9.17, 15) is 8.42 Å². The molecule has 0 atom stereocenters. The lowest BCUT2D eigenvalue weighted by Gasteiger charge is -2.09. The minimum atomic E-state index is -3.24. The molecule has 0 aliphatic heterocycles. The van der Waals surface area contributed by atoms with Gasteiger partial charge in [-0.2, -0.15) is 27.8 Å². The third-order valence-corrected chi connectivity index (χ3v) is 7.48. The van der Waals surface area contributed by atoms with Crippen LogP contribution in [-0.2, 0) is 16.4 Å². The second kappa shape index (κ2) is 7.46. The summed E-state index contributed by atoms with van der Waals surface area (Å²) in [6, 6.07) is 13.1. The summed E-state index contributed by atoms with van der Waals surface area (Å²) in [4.78, 5) is 5.21. The third-order valence-electron chi connectivity index (χ3n) is 4.93. The Morgan fingerprint density at radius 2 is 1.73 bits per heavy atom. The van der Waals surface area contributed by atoms with Crippen LogP contribution in [0.25, 0.3) is 33.4 Å². The van der Waals surface area contributed by atoms with E-state index >= 15 is 0 Å². The number of benzene rings is 1. The van der Waals surface area contributed by atoms with Gasteiger partial charge in [0.05, 0.1) is 23.3 Å². The zero-order valence-electron chi connectivity index (χ0n) is 16.0. The maximum absolute atomic E-state index is 11.8. The van der Waals surface area contributed by atoms with E-state index in [1.54, 1.807) is 34.8 Å². The van der Waals surface area contributed by atoms with Crippen LogP contribution in [0.1, 0.15) is 5.56 Å². The Balaban J connectivity index is 1.68. The molecule has 0 bridgehead atoms. The average Bonchev–Trinajstić information content (AvgIpc) is 3.50. The molecule has 0 saturated heterocycles. The SMILES string of the molecule is CS(=O)(=O)c1ccc(-c2cc(-c3ccsc3)c3cnn(Cc4ccsc4)c3n2)cc1. The van der Waals surface area contributed by atoms with Gasteiger partial charge in [0.1, 0.15) is 0 Å². The predicted octanol–water partition coefficient (Wildman–Crippen LogP) is 5.34. The lowest BCUT2D eigenvalue weighted by molar-refractivity contribution is 0.602. The smallest absolute Gasteiger partial charge is 0.175 e. The van der Waals surface area contributed by atoms with E-state index in [4.69, 9.17) is 4.98 Å². The van der Waals surface area contributed by atoms with Gasteiger partial charge in [0.2, 0.25) is 0 Å². The van der Waals surface area contributed by atoms with Crippen LogP contribution in [0.15, 0.2) is 75.1 Å². The topological polar surface area (TPSA) is 64.8 Å². The molecule has 4 heterocycles. The molecule has 0 N–H and O–H groups in total. The summed E-state index contributed by atoms with van der Waals surface area (Å²) in [6.45, 7) is 0.652. The van der Waals surface area contributed by atoms with E-state index in [0.29, 0.717) is 11.4 Å². The monoisotopic (exact) mass is 451 g/mol. The highest BCUT2D eigenvalue weighted by atomic mass is 32.2. The predicted molar refractivity (Wildman–Crippen MR) is 123 cm³/mol. The van der Waals surface area contributed by atoms with Crippen molar-refractivity contribution in [3.63, 3.8) is 0 Å². The van der Waals surface area contributed by atoms with Gasteiger partial charge in [0.15, 0.2) is 15.5 Å². The highest BCUT2D eigenvalue weighted by Gasteiger charge is 2.15. The van der Waals surface area contributed by atoms with Crippen molar-refractivity contribution >= 4 is 43.5 Å². The number of hydrogen-bond donors (Lipinski definition) is 0. The quantitative estimate of drug-likeness (QED) is 0.362. The summed E-state index contributed by atoms with van der Waals surface area (Å²) < 4.78 is 25.5. The molecule has 1 aromatic carbocycles. The van der Waals surface area contributed by atoms with Crippen LogP contribution < -0.4 is 0 Å². The van der Waals surface area contributed by atoms with Crippen molar-refractivity contribution < 1.29 is 8.42 Å². The number of rotatable bonds is 5. The lowest BCUT2D eigenvalue weighted by atomic mass is 10.0. The molecule has 5 nitrogen and oxygen atoms in total. The van der Waals surface area contributed by atoms with Crippen LogP contribution in [0.3, 0.4) is 0 Å². The first-order valence-electron chi connectivity index (χ1n) is 9.20. The van der Waals surface area contributed by atoms with Crippen LogP contribution in [0.4, 0.5) is 0 Å². The van der Waals surface area contributed by atoms with Gasteiger partial charge in [-0.3, -0.25) is 0 Å². The summed E-state index contributed by atoms with van der Waals surface area (Å²) in [7, 11) is -3.24. The molecule has 30 heavy (non-hydrogen) atoms. The fourth-order valence-corrected chi connectivity index (χ4v) is 5.34. The first-order valence-corrected chi connectivity index (χ1v) is 13.0. The Hall–Kier alpha value is -2.81. The Kier molecular flexibility index (Phi) is 4.77. The Bertz CT molecular complexity index is 1420. The summed E-state index contributed by atoms with van der Waals surface area (Å²) in [6.07, 6.45) is 3.09. The highest BCUT2D eigenvalue weighted by molar-refractivity contribution is 7.90. The molecule has 0 radical (unpaired) electrons. The van der Waals surface area contributed by atoms with Crippen molar-refractivity contribution in [3.05, 3.63) is 75.7 Å². The highest BCUT2D eigenvalue weighted by Crippen LogP contribution is 2.33.